The number of carbonyl (C=O) groups excluding carboxylic acids is 1. The number of hydrogen-bond acceptors (Lipinski definition) is 4. The third-order valence-corrected chi connectivity index (χ3v) is 4.14. The van der Waals surface area contributed by atoms with E-state index in [1.165, 1.54) is 0 Å². The summed E-state index contributed by atoms with van der Waals surface area (Å²) in [6, 6.07) is 6.12. The predicted molar refractivity (Wildman–Crippen MR) is 86.5 cm³/mol. The van der Waals surface area contributed by atoms with Crippen molar-refractivity contribution in [1.82, 2.24) is 15.5 Å². The Kier molecular flexibility index (Phi) is 4.49. The van der Waals surface area contributed by atoms with E-state index in [1.807, 2.05) is 30.0 Å². The fourth-order valence-corrected chi connectivity index (χ4v) is 2.70. The lowest BCUT2D eigenvalue weighted by molar-refractivity contribution is 0.142. The smallest absolute Gasteiger partial charge is 0.321 e. The van der Waals surface area contributed by atoms with E-state index in [9.17, 15) is 4.79 Å². The van der Waals surface area contributed by atoms with E-state index in [2.05, 4.69) is 22.9 Å². The molecule has 2 fully saturated rings. The Bertz CT molecular complexity index is 545. The summed E-state index contributed by atoms with van der Waals surface area (Å²) < 4.78 is 5.83. The van der Waals surface area contributed by atoms with E-state index in [1.54, 1.807) is 0 Å². The van der Waals surface area contributed by atoms with Gasteiger partial charge in [0.2, 0.25) is 0 Å². The van der Waals surface area contributed by atoms with Gasteiger partial charge in [-0.3, -0.25) is 0 Å². The first-order valence-corrected chi connectivity index (χ1v) is 7.89. The lowest BCUT2D eigenvalue weighted by Gasteiger charge is -2.32. The van der Waals surface area contributed by atoms with Crippen molar-refractivity contribution in [1.29, 1.82) is 0 Å². The molecule has 1 aromatic rings. The summed E-state index contributed by atoms with van der Waals surface area (Å²) in [7, 11) is 0. The van der Waals surface area contributed by atoms with Crippen molar-refractivity contribution in [2.45, 2.75) is 26.0 Å². The first kappa shape index (κ1) is 15.1. The van der Waals surface area contributed by atoms with E-state index in [4.69, 9.17) is 4.74 Å². The monoisotopic (exact) mass is 304 g/mol. The van der Waals surface area contributed by atoms with Crippen LogP contribution >= 0.6 is 0 Å². The van der Waals surface area contributed by atoms with Crippen LogP contribution in [-0.4, -0.2) is 55.8 Å². The summed E-state index contributed by atoms with van der Waals surface area (Å²) >= 11 is 0. The van der Waals surface area contributed by atoms with Crippen LogP contribution in [0.25, 0.3) is 0 Å². The second kappa shape index (κ2) is 6.54. The van der Waals surface area contributed by atoms with Crippen LogP contribution in [-0.2, 0) is 0 Å². The van der Waals surface area contributed by atoms with Crippen molar-refractivity contribution in [3.63, 3.8) is 0 Å². The summed E-state index contributed by atoms with van der Waals surface area (Å²) in [5, 5.41) is 9.52. The van der Waals surface area contributed by atoms with Crippen molar-refractivity contribution >= 4 is 11.7 Å². The third-order valence-electron chi connectivity index (χ3n) is 4.14. The van der Waals surface area contributed by atoms with Gasteiger partial charge in [-0.15, -0.1) is 0 Å². The Labute approximate surface area is 131 Å². The number of piperazine rings is 1. The number of nitrogens with zero attached hydrogens (tertiary/aromatic N) is 1. The highest BCUT2D eigenvalue weighted by atomic mass is 16.5. The van der Waals surface area contributed by atoms with Gasteiger partial charge in [-0.25, -0.2) is 4.79 Å². The number of urea groups is 1. The van der Waals surface area contributed by atoms with Crippen LogP contribution in [0.3, 0.4) is 0 Å². The quantitative estimate of drug-likeness (QED) is 0.784. The molecule has 0 aliphatic carbocycles. The molecule has 6 heteroatoms. The molecule has 1 aromatic carbocycles. The number of nitrogens with one attached hydrogen (secondary N) is 3. The van der Waals surface area contributed by atoms with Crippen LogP contribution in [0.2, 0.25) is 0 Å². The SMILES string of the molecule is Cc1cc(OC2CNC2)ccc1NC(=O)N1CCNC(C)C1. The maximum Gasteiger partial charge on any atom is 0.321 e. The molecule has 2 saturated heterocycles. The summed E-state index contributed by atoms with van der Waals surface area (Å²) in [6.45, 7) is 8.20. The number of aryl methyl sites for hydroxylation is 1. The van der Waals surface area contributed by atoms with Crippen molar-refractivity contribution in [2.24, 2.45) is 0 Å². The van der Waals surface area contributed by atoms with E-state index in [0.717, 1.165) is 49.7 Å². The van der Waals surface area contributed by atoms with Crippen LogP contribution < -0.4 is 20.7 Å². The van der Waals surface area contributed by atoms with E-state index in [0.29, 0.717) is 6.04 Å². The molecule has 22 heavy (non-hydrogen) atoms. The predicted octanol–water partition coefficient (Wildman–Crippen LogP) is 1.17. The van der Waals surface area contributed by atoms with Crippen molar-refractivity contribution in [2.75, 3.05) is 38.0 Å². The minimum atomic E-state index is -0.0340. The third kappa shape index (κ3) is 3.51. The molecule has 0 saturated carbocycles. The lowest BCUT2D eigenvalue weighted by Crippen LogP contribution is -2.52. The number of ether oxygens (including phenoxy) is 1. The second-order valence-corrected chi connectivity index (χ2v) is 6.11. The Morgan fingerprint density at radius 3 is 2.86 bits per heavy atom. The zero-order valence-electron chi connectivity index (χ0n) is 13.2. The molecule has 0 bridgehead atoms. The Balaban J connectivity index is 1.60. The molecule has 2 aliphatic heterocycles. The van der Waals surface area contributed by atoms with Gasteiger partial charge in [-0.05, 0) is 37.6 Å². The number of rotatable bonds is 3. The Morgan fingerprint density at radius 1 is 1.41 bits per heavy atom. The fourth-order valence-electron chi connectivity index (χ4n) is 2.70. The van der Waals surface area contributed by atoms with Crippen LogP contribution in [0, 0.1) is 6.92 Å². The van der Waals surface area contributed by atoms with Gasteiger partial charge in [0, 0.05) is 44.5 Å². The molecule has 3 rings (SSSR count). The van der Waals surface area contributed by atoms with Gasteiger partial charge in [0.15, 0.2) is 0 Å². The van der Waals surface area contributed by atoms with Crippen LogP contribution in [0.4, 0.5) is 10.5 Å². The summed E-state index contributed by atoms with van der Waals surface area (Å²) in [5.41, 5.74) is 1.86. The maximum absolute atomic E-state index is 12.3. The molecule has 1 unspecified atom stereocenters. The highest BCUT2D eigenvalue weighted by Gasteiger charge is 2.21. The van der Waals surface area contributed by atoms with Crippen LogP contribution in [0.5, 0.6) is 5.75 Å². The standard InChI is InChI=1S/C16H24N4O2/c1-11-7-13(22-14-8-17-9-14)3-4-15(11)19-16(21)20-6-5-18-12(2)10-20/h3-4,7,12,14,17-18H,5-6,8-10H2,1-2H3,(H,19,21). The van der Waals surface area contributed by atoms with Gasteiger partial charge in [-0.1, -0.05) is 0 Å². The molecule has 3 N–H and O–H groups in total. The van der Waals surface area contributed by atoms with E-state index < -0.39 is 0 Å². The number of anilines is 1. The van der Waals surface area contributed by atoms with Gasteiger partial charge in [0.1, 0.15) is 11.9 Å². The molecule has 2 aliphatic rings. The highest BCUT2D eigenvalue weighted by molar-refractivity contribution is 5.90. The van der Waals surface area contributed by atoms with E-state index in [-0.39, 0.29) is 12.1 Å². The zero-order valence-corrected chi connectivity index (χ0v) is 13.2. The highest BCUT2D eigenvalue weighted by Crippen LogP contribution is 2.23. The number of hydrogen-bond donors (Lipinski definition) is 3. The molecule has 120 valence electrons. The molecule has 0 aromatic heterocycles. The number of amides is 2. The lowest BCUT2D eigenvalue weighted by atomic mass is 10.1. The number of carbonyl (C=O) groups is 1. The Morgan fingerprint density at radius 2 is 2.23 bits per heavy atom. The minimum Gasteiger partial charge on any atom is -0.488 e. The molecule has 6 nitrogen and oxygen atoms in total. The molecule has 0 spiro atoms. The molecule has 2 heterocycles. The summed E-state index contributed by atoms with van der Waals surface area (Å²) in [4.78, 5) is 14.2. The summed E-state index contributed by atoms with van der Waals surface area (Å²) in [5.74, 6) is 0.859. The van der Waals surface area contributed by atoms with Gasteiger partial charge < -0.3 is 25.6 Å². The molecule has 2 amide bonds. The fraction of sp³-hybridized carbons (Fsp3) is 0.562. The van der Waals surface area contributed by atoms with Gasteiger partial charge in [0.25, 0.3) is 0 Å². The second-order valence-electron chi connectivity index (χ2n) is 6.11. The van der Waals surface area contributed by atoms with Gasteiger partial charge in [0.05, 0.1) is 0 Å². The van der Waals surface area contributed by atoms with E-state index >= 15 is 0 Å². The van der Waals surface area contributed by atoms with Crippen molar-refractivity contribution in [3.05, 3.63) is 23.8 Å². The Hall–Kier alpha value is -1.79. The average molecular weight is 304 g/mol. The number of benzene rings is 1. The topological polar surface area (TPSA) is 65.6 Å². The van der Waals surface area contributed by atoms with Crippen molar-refractivity contribution < 1.29 is 9.53 Å². The normalized spacial score (nSPS) is 22.1. The molecule has 0 radical (unpaired) electrons. The molecular weight excluding hydrogens is 280 g/mol. The minimum absolute atomic E-state index is 0.0340. The maximum atomic E-state index is 12.3. The molecular formula is C16H24N4O2. The van der Waals surface area contributed by atoms with Crippen molar-refractivity contribution in [3.8, 4) is 5.75 Å². The largest absolute Gasteiger partial charge is 0.488 e. The van der Waals surface area contributed by atoms with Gasteiger partial charge >= 0.3 is 6.03 Å². The van der Waals surface area contributed by atoms with Gasteiger partial charge in [-0.2, -0.15) is 0 Å². The zero-order chi connectivity index (χ0) is 15.5. The van der Waals surface area contributed by atoms with Crippen LogP contribution in [0.15, 0.2) is 18.2 Å². The first-order chi connectivity index (χ1) is 10.6. The first-order valence-electron chi connectivity index (χ1n) is 7.89. The molecule has 1 atom stereocenters. The summed E-state index contributed by atoms with van der Waals surface area (Å²) in [6.07, 6.45) is 0.266. The van der Waals surface area contributed by atoms with Crippen LogP contribution in [0.1, 0.15) is 12.5 Å². The average Bonchev–Trinajstić information content (AvgIpc) is 2.45.